The van der Waals surface area contributed by atoms with E-state index in [9.17, 15) is 9.13 Å². The number of nitrogen functional groups attached to an aromatic ring is 1. The molecule has 2 atom stereocenters. The molecule has 1 aromatic heterocycles. The highest BCUT2D eigenvalue weighted by Gasteiger charge is 2.19. The van der Waals surface area contributed by atoms with Crippen molar-refractivity contribution in [3.8, 4) is 11.8 Å². The highest BCUT2D eigenvalue weighted by Crippen LogP contribution is 2.35. The number of rotatable bonds is 13. The van der Waals surface area contributed by atoms with E-state index >= 15 is 0 Å². The van der Waals surface area contributed by atoms with Crippen molar-refractivity contribution in [2.75, 3.05) is 38.3 Å². The summed E-state index contributed by atoms with van der Waals surface area (Å²) in [5.74, 6) is -0.261. The van der Waals surface area contributed by atoms with Gasteiger partial charge in [-0.15, -0.1) is 0 Å². The lowest BCUT2D eigenvalue weighted by Gasteiger charge is -2.17. The molecule has 1 heterocycles. The van der Waals surface area contributed by atoms with Crippen LogP contribution in [0.3, 0.4) is 0 Å². The van der Waals surface area contributed by atoms with E-state index in [1.165, 1.54) is 13.0 Å². The molecule has 1 rings (SSSR count). The molecule has 0 aromatic carbocycles. The van der Waals surface area contributed by atoms with Crippen LogP contribution in [0.25, 0.3) is 0 Å². The van der Waals surface area contributed by atoms with E-state index in [1.54, 1.807) is 0 Å². The second-order valence-corrected chi connectivity index (χ2v) is 8.74. The third kappa shape index (κ3) is 11.5. The molecule has 0 saturated carbocycles. The molecule has 0 spiro atoms. The third-order valence-electron chi connectivity index (χ3n) is 2.79. The fourth-order valence-electron chi connectivity index (χ4n) is 1.58. The third-order valence-corrected chi connectivity index (χ3v) is 3.76. The first-order valence-electron chi connectivity index (χ1n) is 7.71. The Morgan fingerprint density at radius 1 is 1.00 bits per heavy atom. The van der Waals surface area contributed by atoms with Crippen molar-refractivity contribution in [1.29, 1.82) is 0 Å². The average Bonchev–Trinajstić information content (AvgIpc) is 2.56. The molecule has 16 heteroatoms. The lowest BCUT2D eigenvalue weighted by atomic mass is 10.4. The van der Waals surface area contributed by atoms with Crippen LogP contribution in [0.15, 0.2) is 6.07 Å². The second kappa shape index (κ2) is 11.0. The van der Waals surface area contributed by atoms with Crippen molar-refractivity contribution in [2.24, 2.45) is 0 Å². The molecule has 0 aliphatic carbocycles. The van der Waals surface area contributed by atoms with E-state index in [-0.39, 0.29) is 30.9 Å². The first kappa shape index (κ1) is 24.7. The summed E-state index contributed by atoms with van der Waals surface area (Å²) < 4.78 is 41.9. The maximum Gasteiger partial charge on any atom is 0.350 e. The van der Waals surface area contributed by atoms with Gasteiger partial charge in [0.2, 0.25) is 17.7 Å². The second-order valence-electron chi connectivity index (χ2n) is 5.56. The van der Waals surface area contributed by atoms with E-state index in [1.807, 2.05) is 0 Å². The van der Waals surface area contributed by atoms with Crippen LogP contribution in [0.4, 0.5) is 5.95 Å². The highest BCUT2D eigenvalue weighted by molar-refractivity contribution is 7.51. The Morgan fingerprint density at radius 2 is 1.50 bits per heavy atom. The predicted molar refractivity (Wildman–Crippen MR) is 93.8 cm³/mol. The number of hydrogen-bond donors (Lipinski definition) is 6. The van der Waals surface area contributed by atoms with Crippen LogP contribution in [0.1, 0.15) is 6.92 Å². The molecule has 14 nitrogen and oxygen atoms in total. The maximum absolute atomic E-state index is 10.8. The molecule has 0 radical (unpaired) electrons. The number of aliphatic hydroxyl groups excluding tert-OH is 1. The molecule has 1 aromatic rings. The van der Waals surface area contributed by atoms with Crippen molar-refractivity contribution >= 4 is 21.1 Å². The lowest BCUT2D eigenvalue weighted by molar-refractivity contribution is 0.000371. The summed E-state index contributed by atoms with van der Waals surface area (Å²) in [6.07, 6.45) is -3.31. The lowest BCUT2D eigenvalue weighted by Crippen LogP contribution is -2.26. The van der Waals surface area contributed by atoms with Gasteiger partial charge in [0.05, 0.1) is 18.8 Å². The summed E-state index contributed by atoms with van der Waals surface area (Å²) >= 11 is 0. The number of aromatic nitrogens is 2. The summed E-state index contributed by atoms with van der Waals surface area (Å²) in [7, 11) is -8.69. The van der Waals surface area contributed by atoms with Crippen LogP contribution >= 0.6 is 15.2 Å². The molecule has 0 fully saturated rings. The monoisotopic (exact) mass is 447 g/mol. The first-order valence-corrected chi connectivity index (χ1v) is 11.3. The highest BCUT2D eigenvalue weighted by atomic mass is 31.2. The van der Waals surface area contributed by atoms with Crippen LogP contribution in [-0.2, 0) is 18.6 Å². The van der Waals surface area contributed by atoms with Crippen molar-refractivity contribution in [1.82, 2.24) is 9.97 Å². The van der Waals surface area contributed by atoms with Crippen molar-refractivity contribution in [2.45, 2.75) is 19.1 Å². The zero-order valence-electron chi connectivity index (χ0n) is 14.8. The molecular formula is C12H23N3O11P2. The fourth-order valence-corrected chi connectivity index (χ4v) is 2.43. The van der Waals surface area contributed by atoms with Gasteiger partial charge in [-0.25, -0.2) is 0 Å². The number of nitrogens with two attached hydrogens (primary N) is 1. The van der Waals surface area contributed by atoms with E-state index < -0.39 is 46.7 Å². The molecule has 28 heavy (non-hydrogen) atoms. The van der Waals surface area contributed by atoms with Gasteiger partial charge in [-0.3, -0.25) is 9.13 Å². The molecule has 0 amide bonds. The topological polar surface area (TPSA) is 224 Å². The van der Waals surface area contributed by atoms with Gasteiger partial charge in [-0.05, 0) is 6.92 Å². The minimum absolute atomic E-state index is 0.00851. The van der Waals surface area contributed by atoms with Crippen molar-refractivity contribution < 1.29 is 52.8 Å². The summed E-state index contributed by atoms with van der Waals surface area (Å²) in [5, 5.41) is 9.15. The Bertz CT molecular complexity index is 710. The molecule has 7 N–H and O–H groups in total. The molecule has 0 saturated heterocycles. The fraction of sp³-hybridized carbons (Fsp3) is 0.667. The van der Waals surface area contributed by atoms with Gasteiger partial charge in [-0.2, -0.15) is 9.97 Å². The maximum atomic E-state index is 10.8. The first-order chi connectivity index (χ1) is 12.9. The number of ether oxygens (including phenoxy) is 4. The smallest absolute Gasteiger partial charge is 0.350 e. The Balaban J connectivity index is 2.57. The van der Waals surface area contributed by atoms with Crippen LogP contribution in [0.5, 0.6) is 11.8 Å². The molecule has 0 unspecified atom stereocenters. The van der Waals surface area contributed by atoms with Gasteiger partial charge in [0, 0.05) is 0 Å². The summed E-state index contributed by atoms with van der Waals surface area (Å²) in [6.45, 7) is 0.592. The van der Waals surface area contributed by atoms with Crippen molar-refractivity contribution in [3.63, 3.8) is 0 Å². The Morgan fingerprint density at radius 3 is 2.00 bits per heavy atom. The Kier molecular flexibility index (Phi) is 9.70. The molecule has 0 aliphatic heterocycles. The number of hydrogen-bond acceptors (Lipinski definition) is 10. The van der Waals surface area contributed by atoms with E-state index in [0.717, 1.165) is 0 Å². The Hall–Kier alpha value is -1.34. The minimum Gasteiger partial charge on any atom is -0.475 e. The van der Waals surface area contributed by atoms with E-state index in [2.05, 4.69) is 9.97 Å². The van der Waals surface area contributed by atoms with Gasteiger partial charge in [0.15, 0.2) is 0 Å². The normalized spacial score (nSPS) is 14.5. The number of nitrogens with zero attached hydrogens (tertiary/aromatic N) is 2. The SMILES string of the molecule is C[C@H](COc1cc(OC[C@@H](CO)OCP(=O)(O)O)nc(N)n1)OCP(=O)(O)O. The van der Waals surface area contributed by atoms with Gasteiger partial charge in [-0.1, -0.05) is 0 Å². The van der Waals surface area contributed by atoms with E-state index in [0.29, 0.717) is 0 Å². The summed E-state index contributed by atoms with van der Waals surface area (Å²) in [5.41, 5.74) is 5.54. The minimum atomic E-state index is -4.39. The zero-order chi connectivity index (χ0) is 21.4. The summed E-state index contributed by atoms with van der Waals surface area (Å²) in [6, 6.07) is 1.25. The standard InChI is InChI=1S/C12H23N3O11P2/c1-8(25-6-27(17,18)19)4-23-10-2-11(15-12(13)14-10)24-5-9(3-16)26-7-28(20,21)22/h2,8-9,16H,3-7H2,1H3,(H2,13,14,15)(H2,17,18,19)(H2,20,21,22)/t8-,9-/m1/s1. The largest absolute Gasteiger partial charge is 0.475 e. The molecule has 162 valence electrons. The van der Waals surface area contributed by atoms with E-state index in [4.69, 9.17) is 49.4 Å². The van der Waals surface area contributed by atoms with Crippen LogP contribution in [0, 0.1) is 0 Å². The van der Waals surface area contributed by atoms with Crippen LogP contribution < -0.4 is 15.2 Å². The molecule has 0 aliphatic rings. The van der Waals surface area contributed by atoms with Gasteiger partial charge in [0.25, 0.3) is 0 Å². The van der Waals surface area contributed by atoms with Crippen LogP contribution in [0.2, 0.25) is 0 Å². The quantitative estimate of drug-likeness (QED) is 0.197. The Labute approximate surface area is 159 Å². The summed E-state index contributed by atoms with van der Waals surface area (Å²) in [4.78, 5) is 42.6. The van der Waals surface area contributed by atoms with Gasteiger partial charge < -0.3 is 49.4 Å². The van der Waals surface area contributed by atoms with Gasteiger partial charge >= 0.3 is 15.2 Å². The van der Waals surface area contributed by atoms with Crippen LogP contribution in [-0.4, -0.2) is 79.4 Å². The van der Waals surface area contributed by atoms with Gasteiger partial charge in [0.1, 0.15) is 32.0 Å². The molecule has 0 bridgehead atoms. The van der Waals surface area contributed by atoms with Crippen molar-refractivity contribution in [3.05, 3.63) is 6.07 Å². The average molecular weight is 447 g/mol. The number of aliphatic hydroxyl groups is 1. The number of anilines is 1. The predicted octanol–water partition coefficient (Wildman–Crippen LogP) is -1.13. The zero-order valence-corrected chi connectivity index (χ0v) is 16.6. The molecular weight excluding hydrogens is 424 g/mol.